The molecule has 1 saturated heterocycles. The number of hydrogen-bond donors (Lipinski definition) is 3. The molecule has 2 aliphatic rings. The highest BCUT2D eigenvalue weighted by Crippen LogP contribution is 2.44. The van der Waals surface area contributed by atoms with E-state index in [0.29, 0.717) is 0 Å². The van der Waals surface area contributed by atoms with Crippen LogP contribution >= 0.6 is 0 Å². The summed E-state index contributed by atoms with van der Waals surface area (Å²) >= 11 is 0. The summed E-state index contributed by atoms with van der Waals surface area (Å²) in [6.45, 7) is 7.95. The van der Waals surface area contributed by atoms with Crippen LogP contribution in [0.25, 0.3) is 11.1 Å². The second-order valence-electron chi connectivity index (χ2n) is 12.4. The molecule has 14 nitrogen and oxygen atoms in total. The van der Waals surface area contributed by atoms with Crippen LogP contribution in [-0.4, -0.2) is 85.7 Å². The lowest BCUT2D eigenvalue weighted by atomic mass is 9.94. The lowest BCUT2D eigenvalue weighted by molar-refractivity contribution is -0.228. The molecule has 4 rings (SSSR count). The first-order valence-electron chi connectivity index (χ1n) is 16.1. The predicted octanol–water partition coefficient (Wildman–Crippen LogP) is 2.71. The number of fused-ring (bicyclic) bond motifs is 3. The molecule has 264 valence electrons. The fourth-order valence-corrected chi connectivity index (χ4v) is 6.18. The summed E-state index contributed by atoms with van der Waals surface area (Å²) in [6, 6.07) is 13.4. The normalized spacial score (nSPS) is 21.7. The summed E-state index contributed by atoms with van der Waals surface area (Å²) in [5, 5.41) is 7.94. The fraction of sp³-hybridized carbons (Fsp3) is 0.486. The Labute approximate surface area is 284 Å². The van der Waals surface area contributed by atoms with Gasteiger partial charge < -0.3 is 39.6 Å². The minimum absolute atomic E-state index is 0.0334. The second-order valence-corrected chi connectivity index (χ2v) is 12.4. The minimum Gasteiger partial charge on any atom is -0.463 e. The van der Waals surface area contributed by atoms with Crippen LogP contribution in [0.15, 0.2) is 48.5 Å². The van der Waals surface area contributed by atoms with Gasteiger partial charge in [-0.1, -0.05) is 62.4 Å². The Bertz CT molecular complexity index is 1520. The number of alkyl carbamates (subject to hydrolysis) is 1. The maximum Gasteiger partial charge on any atom is 0.407 e. The molecule has 1 fully saturated rings. The molecule has 3 amide bonds. The summed E-state index contributed by atoms with van der Waals surface area (Å²) in [6.07, 6.45) is -5.89. The van der Waals surface area contributed by atoms with Crippen LogP contribution in [-0.2, 0) is 47.7 Å². The maximum absolute atomic E-state index is 13.8. The Balaban J connectivity index is 1.53. The van der Waals surface area contributed by atoms with Crippen LogP contribution in [0.3, 0.4) is 0 Å². The number of ether oxygens (including phenoxy) is 5. The second kappa shape index (κ2) is 16.4. The Morgan fingerprint density at radius 3 is 1.84 bits per heavy atom. The van der Waals surface area contributed by atoms with Gasteiger partial charge in [0.1, 0.15) is 31.4 Å². The molecule has 1 heterocycles. The van der Waals surface area contributed by atoms with E-state index in [1.807, 2.05) is 62.4 Å². The first-order valence-corrected chi connectivity index (χ1v) is 16.1. The lowest BCUT2D eigenvalue weighted by Crippen LogP contribution is -2.70. The fourth-order valence-electron chi connectivity index (χ4n) is 6.18. The number of rotatable bonds is 12. The molecule has 0 saturated carbocycles. The van der Waals surface area contributed by atoms with Gasteiger partial charge in [-0.2, -0.15) is 0 Å². The van der Waals surface area contributed by atoms with Crippen molar-refractivity contribution in [3.05, 3.63) is 59.7 Å². The average Bonchev–Trinajstić information content (AvgIpc) is 3.34. The van der Waals surface area contributed by atoms with Crippen LogP contribution in [0, 0.1) is 5.92 Å². The van der Waals surface area contributed by atoms with E-state index >= 15 is 0 Å². The SMILES string of the molecule is CC(=O)N[C@@H]1[C@@H](OC(C)=O)[C@H](OC(C)=O)[C@@H](COC(C)=O)O[C@H]1NC(=O)[C@H](CC(C)C)NC(=O)OCC1c2ccccc2-c2ccccc21. The van der Waals surface area contributed by atoms with Gasteiger partial charge in [0.2, 0.25) is 11.8 Å². The van der Waals surface area contributed by atoms with E-state index in [-0.39, 0.29) is 24.9 Å². The zero-order chi connectivity index (χ0) is 35.8. The van der Waals surface area contributed by atoms with Crippen LogP contribution in [0.4, 0.5) is 4.79 Å². The number of carbonyl (C=O) groups is 6. The monoisotopic (exact) mass is 681 g/mol. The van der Waals surface area contributed by atoms with Crippen molar-refractivity contribution in [2.75, 3.05) is 13.2 Å². The molecule has 14 heteroatoms. The number of carbonyl (C=O) groups excluding carboxylic acids is 6. The molecule has 2 aromatic rings. The highest BCUT2D eigenvalue weighted by atomic mass is 16.6. The van der Waals surface area contributed by atoms with Crippen molar-refractivity contribution >= 4 is 35.8 Å². The van der Waals surface area contributed by atoms with Crippen molar-refractivity contribution in [3.8, 4) is 11.1 Å². The smallest absolute Gasteiger partial charge is 0.407 e. The highest BCUT2D eigenvalue weighted by Gasteiger charge is 2.51. The molecule has 0 radical (unpaired) electrons. The van der Waals surface area contributed by atoms with Crippen LogP contribution in [0.5, 0.6) is 0 Å². The first kappa shape index (κ1) is 36.8. The van der Waals surface area contributed by atoms with E-state index in [0.717, 1.165) is 43.0 Å². The van der Waals surface area contributed by atoms with Crippen molar-refractivity contribution < 1.29 is 52.5 Å². The molecule has 0 bridgehead atoms. The van der Waals surface area contributed by atoms with Crippen molar-refractivity contribution in [1.29, 1.82) is 0 Å². The predicted molar refractivity (Wildman–Crippen MR) is 174 cm³/mol. The third-order valence-corrected chi connectivity index (χ3v) is 8.06. The first-order chi connectivity index (χ1) is 23.2. The quantitative estimate of drug-likeness (QED) is 0.221. The average molecular weight is 682 g/mol. The summed E-state index contributed by atoms with van der Waals surface area (Å²) in [4.78, 5) is 75.1. The number of hydrogen-bond acceptors (Lipinski definition) is 11. The standard InChI is InChI=1S/C35H43N3O11/c1-18(2)15-28(37-35(44)46-16-27-25-13-9-7-11-23(25)24-12-8-10-14-26(24)27)33(43)38-34-30(36-19(3)39)32(48-22(6)42)31(47-21(5)41)29(49-34)17-45-20(4)40/h7-14,18,27-32,34H,15-17H2,1-6H3,(H,36,39)(H,37,44)(H,38,43)/t28-,29+,30+,31+,32+,34+/m0/s1. The third-order valence-electron chi connectivity index (χ3n) is 8.06. The summed E-state index contributed by atoms with van der Waals surface area (Å²) in [5.41, 5.74) is 4.20. The van der Waals surface area contributed by atoms with Gasteiger partial charge >= 0.3 is 24.0 Å². The van der Waals surface area contributed by atoms with E-state index in [1.54, 1.807) is 0 Å². The molecule has 1 aliphatic carbocycles. The van der Waals surface area contributed by atoms with Gasteiger partial charge in [0.05, 0.1) is 0 Å². The summed E-state index contributed by atoms with van der Waals surface area (Å²) in [5.74, 6) is -3.70. The van der Waals surface area contributed by atoms with Crippen LogP contribution in [0.1, 0.15) is 65.0 Å². The van der Waals surface area contributed by atoms with Gasteiger partial charge in [-0.3, -0.25) is 24.0 Å². The van der Waals surface area contributed by atoms with Crippen LogP contribution < -0.4 is 16.0 Å². The van der Waals surface area contributed by atoms with Gasteiger partial charge in [-0.25, -0.2) is 4.79 Å². The van der Waals surface area contributed by atoms with Gasteiger partial charge in [-0.15, -0.1) is 0 Å². The van der Waals surface area contributed by atoms with Crippen molar-refractivity contribution in [3.63, 3.8) is 0 Å². The van der Waals surface area contributed by atoms with Gasteiger partial charge in [0.15, 0.2) is 18.4 Å². The highest BCUT2D eigenvalue weighted by molar-refractivity contribution is 5.86. The molecule has 6 atom stereocenters. The minimum atomic E-state index is -1.38. The topological polar surface area (TPSA) is 185 Å². The summed E-state index contributed by atoms with van der Waals surface area (Å²) in [7, 11) is 0. The number of amides is 3. The van der Waals surface area contributed by atoms with E-state index in [2.05, 4.69) is 16.0 Å². The van der Waals surface area contributed by atoms with Gasteiger partial charge in [-0.05, 0) is 34.6 Å². The number of benzene rings is 2. The Kier molecular flexibility index (Phi) is 12.3. The molecule has 2 aromatic carbocycles. The lowest BCUT2D eigenvalue weighted by Gasteiger charge is -2.45. The number of nitrogens with one attached hydrogen (secondary N) is 3. The largest absolute Gasteiger partial charge is 0.463 e. The Morgan fingerprint density at radius 2 is 1.31 bits per heavy atom. The van der Waals surface area contributed by atoms with Gasteiger partial charge in [0.25, 0.3) is 0 Å². The maximum atomic E-state index is 13.8. The van der Waals surface area contributed by atoms with E-state index in [1.165, 1.54) is 6.92 Å². The molecule has 1 aliphatic heterocycles. The van der Waals surface area contributed by atoms with Gasteiger partial charge in [0, 0.05) is 33.6 Å². The number of esters is 3. The van der Waals surface area contributed by atoms with Crippen molar-refractivity contribution in [2.45, 2.75) is 90.5 Å². The molecule has 0 spiro atoms. The van der Waals surface area contributed by atoms with E-state index < -0.39 is 79.0 Å². The van der Waals surface area contributed by atoms with Crippen molar-refractivity contribution in [2.24, 2.45) is 5.92 Å². The Hall–Kier alpha value is -4.98. The Morgan fingerprint density at radius 1 is 0.735 bits per heavy atom. The van der Waals surface area contributed by atoms with E-state index in [4.69, 9.17) is 23.7 Å². The molecular formula is C35H43N3O11. The van der Waals surface area contributed by atoms with Crippen molar-refractivity contribution in [1.82, 2.24) is 16.0 Å². The zero-order valence-electron chi connectivity index (χ0n) is 28.3. The molecule has 49 heavy (non-hydrogen) atoms. The zero-order valence-corrected chi connectivity index (χ0v) is 28.3. The molecular weight excluding hydrogens is 638 g/mol. The third kappa shape index (κ3) is 9.56. The molecule has 0 unspecified atom stereocenters. The van der Waals surface area contributed by atoms with Crippen LogP contribution in [0.2, 0.25) is 0 Å². The van der Waals surface area contributed by atoms with E-state index in [9.17, 15) is 28.8 Å². The molecule has 3 N–H and O–H groups in total. The summed E-state index contributed by atoms with van der Waals surface area (Å²) < 4.78 is 27.7. The molecule has 0 aromatic heterocycles.